The molecular formula is C9H13N3O3S. The van der Waals surface area contributed by atoms with Crippen molar-refractivity contribution in [3.63, 3.8) is 0 Å². The summed E-state index contributed by atoms with van der Waals surface area (Å²) in [5.41, 5.74) is 0. The number of rotatable bonds is 5. The van der Waals surface area contributed by atoms with E-state index >= 15 is 0 Å². The fourth-order valence-corrected chi connectivity index (χ4v) is 1.54. The van der Waals surface area contributed by atoms with Gasteiger partial charge in [-0.1, -0.05) is 13.3 Å². The van der Waals surface area contributed by atoms with Gasteiger partial charge in [0.2, 0.25) is 11.0 Å². The van der Waals surface area contributed by atoms with E-state index in [2.05, 4.69) is 19.4 Å². The Morgan fingerprint density at radius 1 is 1.50 bits per heavy atom. The van der Waals surface area contributed by atoms with Gasteiger partial charge in [-0.2, -0.15) is 9.36 Å². The molecule has 0 saturated heterocycles. The SMILES string of the molecule is CCCCC(=O)Nc1nc(C(=O)OC)ns1. The van der Waals surface area contributed by atoms with Gasteiger partial charge < -0.3 is 10.1 Å². The van der Waals surface area contributed by atoms with Crippen LogP contribution in [0.25, 0.3) is 0 Å². The van der Waals surface area contributed by atoms with Crippen molar-refractivity contribution in [1.29, 1.82) is 0 Å². The Labute approximate surface area is 97.2 Å². The van der Waals surface area contributed by atoms with Gasteiger partial charge in [0.05, 0.1) is 7.11 Å². The highest BCUT2D eigenvalue weighted by Gasteiger charge is 2.13. The molecule has 7 heteroatoms. The maximum absolute atomic E-state index is 11.3. The molecule has 0 spiro atoms. The molecule has 1 N–H and O–H groups in total. The minimum atomic E-state index is -0.606. The van der Waals surface area contributed by atoms with E-state index in [4.69, 9.17) is 0 Å². The summed E-state index contributed by atoms with van der Waals surface area (Å²) in [6.07, 6.45) is 2.23. The van der Waals surface area contributed by atoms with Gasteiger partial charge in [-0.05, 0) is 6.42 Å². The number of ether oxygens (including phenoxy) is 1. The molecular weight excluding hydrogens is 230 g/mol. The van der Waals surface area contributed by atoms with Crippen LogP contribution < -0.4 is 5.32 Å². The topological polar surface area (TPSA) is 81.2 Å². The molecule has 0 aliphatic heterocycles. The average Bonchev–Trinajstić information content (AvgIpc) is 2.73. The van der Waals surface area contributed by atoms with Gasteiger partial charge in [0.25, 0.3) is 5.82 Å². The number of carbonyl (C=O) groups excluding carboxylic acids is 2. The van der Waals surface area contributed by atoms with Crippen LogP contribution in [0.2, 0.25) is 0 Å². The van der Waals surface area contributed by atoms with Gasteiger partial charge in [-0.3, -0.25) is 4.79 Å². The number of unbranched alkanes of at least 4 members (excludes halogenated alkanes) is 1. The average molecular weight is 243 g/mol. The van der Waals surface area contributed by atoms with Crippen molar-refractivity contribution in [1.82, 2.24) is 9.36 Å². The van der Waals surface area contributed by atoms with Gasteiger partial charge in [0, 0.05) is 18.0 Å². The summed E-state index contributed by atoms with van der Waals surface area (Å²) < 4.78 is 8.21. The third-order valence-corrected chi connectivity index (χ3v) is 2.43. The molecule has 0 fully saturated rings. The second-order valence-electron chi connectivity index (χ2n) is 3.07. The summed E-state index contributed by atoms with van der Waals surface area (Å²) in [5.74, 6) is -0.752. The van der Waals surface area contributed by atoms with Crippen molar-refractivity contribution in [2.45, 2.75) is 26.2 Å². The highest BCUT2D eigenvalue weighted by atomic mass is 32.1. The Hall–Kier alpha value is -1.50. The third kappa shape index (κ3) is 3.58. The summed E-state index contributed by atoms with van der Waals surface area (Å²) in [4.78, 5) is 26.2. The van der Waals surface area contributed by atoms with E-state index in [0.717, 1.165) is 24.4 Å². The lowest BCUT2D eigenvalue weighted by molar-refractivity contribution is -0.116. The Bertz CT molecular complexity index is 378. The highest BCUT2D eigenvalue weighted by Crippen LogP contribution is 2.12. The lowest BCUT2D eigenvalue weighted by atomic mass is 10.2. The first kappa shape index (κ1) is 12.6. The first-order valence-corrected chi connectivity index (χ1v) is 5.66. The molecule has 1 rings (SSSR count). The van der Waals surface area contributed by atoms with Crippen LogP contribution in [0.1, 0.15) is 36.8 Å². The van der Waals surface area contributed by atoms with Crippen LogP contribution in [0, 0.1) is 0 Å². The lowest BCUT2D eigenvalue weighted by Crippen LogP contribution is -2.11. The predicted molar refractivity (Wildman–Crippen MR) is 59.4 cm³/mol. The number of aromatic nitrogens is 2. The van der Waals surface area contributed by atoms with E-state index < -0.39 is 5.97 Å². The minimum Gasteiger partial charge on any atom is -0.463 e. The maximum atomic E-state index is 11.3. The first-order valence-electron chi connectivity index (χ1n) is 4.89. The number of anilines is 1. The number of nitrogens with zero attached hydrogens (tertiary/aromatic N) is 2. The molecule has 0 unspecified atom stereocenters. The summed E-state index contributed by atoms with van der Waals surface area (Å²) in [7, 11) is 1.25. The fraction of sp³-hybridized carbons (Fsp3) is 0.556. The molecule has 1 heterocycles. The van der Waals surface area contributed by atoms with E-state index in [9.17, 15) is 9.59 Å². The molecule has 88 valence electrons. The number of methoxy groups -OCH3 is 1. The van der Waals surface area contributed by atoms with Gasteiger partial charge in [0.1, 0.15) is 0 Å². The van der Waals surface area contributed by atoms with Gasteiger partial charge >= 0.3 is 5.97 Å². The number of hydrogen-bond donors (Lipinski definition) is 1. The number of nitrogens with one attached hydrogen (secondary N) is 1. The number of esters is 1. The zero-order chi connectivity index (χ0) is 12.0. The van der Waals surface area contributed by atoms with Crippen LogP contribution in [-0.2, 0) is 9.53 Å². The van der Waals surface area contributed by atoms with E-state index in [1.165, 1.54) is 7.11 Å². The lowest BCUT2D eigenvalue weighted by Gasteiger charge is -1.98. The monoisotopic (exact) mass is 243 g/mol. The summed E-state index contributed by atoms with van der Waals surface area (Å²) >= 11 is 0.961. The van der Waals surface area contributed by atoms with Crippen molar-refractivity contribution in [2.24, 2.45) is 0 Å². The minimum absolute atomic E-state index is 0.0294. The zero-order valence-corrected chi connectivity index (χ0v) is 9.97. The molecule has 0 radical (unpaired) electrons. The molecule has 0 aromatic carbocycles. The third-order valence-electron chi connectivity index (χ3n) is 1.80. The van der Waals surface area contributed by atoms with E-state index in [0.29, 0.717) is 11.6 Å². The normalized spacial score (nSPS) is 9.88. The van der Waals surface area contributed by atoms with Crippen molar-refractivity contribution in [2.75, 3.05) is 12.4 Å². The van der Waals surface area contributed by atoms with E-state index in [-0.39, 0.29) is 11.7 Å². The van der Waals surface area contributed by atoms with E-state index in [1.54, 1.807) is 0 Å². The first-order chi connectivity index (χ1) is 7.67. The number of carbonyl (C=O) groups is 2. The van der Waals surface area contributed by atoms with Gasteiger partial charge in [0.15, 0.2) is 0 Å². The molecule has 6 nitrogen and oxygen atoms in total. The molecule has 0 aliphatic carbocycles. The Morgan fingerprint density at radius 3 is 2.88 bits per heavy atom. The number of amides is 1. The molecule has 1 aromatic heterocycles. The van der Waals surface area contributed by atoms with Crippen LogP contribution in [0.15, 0.2) is 0 Å². The van der Waals surface area contributed by atoms with Crippen LogP contribution in [0.3, 0.4) is 0 Å². The quantitative estimate of drug-likeness (QED) is 0.792. The molecule has 0 atom stereocenters. The summed E-state index contributed by atoms with van der Waals surface area (Å²) in [6.45, 7) is 2.01. The Balaban J connectivity index is 2.52. The summed E-state index contributed by atoms with van der Waals surface area (Å²) in [5, 5.41) is 2.90. The second kappa shape index (κ2) is 6.16. The molecule has 0 saturated carbocycles. The second-order valence-corrected chi connectivity index (χ2v) is 3.82. The Morgan fingerprint density at radius 2 is 2.25 bits per heavy atom. The molecule has 16 heavy (non-hydrogen) atoms. The smallest absolute Gasteiger partial charge is 0.377 e. The number of hydrogen-bond acceptors (Lipinski definition) is 6. The van der Waals surface area contributed by atoms with Crippen LogP contribution in [0.5, 0.6) is 0 Å². The van der Waals surface area contributed by atoms with Crippen LogP contribution >= 0.6 is 11.5 Å². The molecule has 0 bridgehead atoms. The standard InChI is InChI=1S/C9H13N3O3S/c1-3-4-5-6(13)10-9-11-7(12-16-9)8(14)15-2/h3-5H2,1-2H3,(H,10,11,12,13). The van der Waals surface area contributed by atoms with Crippen molar-refractivity contribution in [3.8, 4) is 0 Å². The largest absolute Gasteiger partial charge is 0.463 e. The molecule has 1 amide bonds. The molecule has 0 aliphatic rings. The predicted octanol–water partition coefficient (Wildman–Crippen LogP) is 1.45. The van der Waals surface area contributed by atoms with E-state index in [1.807, 2.05) is 6.92 Å². The van der Waals surface area contributed by atoms with Crippen LogP contribution in [0.4, 0.5) is 5.13 Å². The van der Waals surface area contributed by atoms with Gasteiger partial charge in [-0.25, -0.2) is 4.79 Å². The van der Waals surface area contributed by atoms with Crippen LogP contribution in [-0.4, -0.2) is 28.3 Å². The van der Waals surface area contributed by atoms with Gasteiger partial charge in [-0.15, -0.1) is 0 Å². The fourth-order valence-electron chi connectivity index (χ4n) is 0.968. The zero-order valence-electron chi connectivity index (χ0n) is 9.15. The van der Waals surface area contributed by atoms with Crippen molar-refractivity contribution >= 4 is 28.5 Å². The highest BCUT2D eigenvalue weighted by molar-refractivity contribution is 7.10. The summed E-state index contributed by atoms with van der Waals surface area (Å²) in [6, 6.07) is 0. The maximum Gasteiger partial charge on any atom is 0.377 e. The Kier molecular flexibility index (Phi) is 4.84. The van der Waals surface area contributed by atoms with Crippen molar-refractivity contribution < 1.29 is 14.3 Å². The van der Waals surface area contributed by atoms with Crippen molar-refractivity contribution in [3.05, 3.63) is 5.82 Å². The molecule has 1 aromatic rings.